The molecule has 25 heavy (non-hydrogen) atoms. The second-order valence-electron chi connectivity index (χ2n) is 8.53. The maximum atomic E-state index is 12.3. The van der Waals surface area contributed by atoms with Crippen LogP contribution in [0.4, 0.5) is 0 Å². The van der Waals surface area contributed by atoms with Gasteiger partial charge in [-0.1, -0.05) is 78.0 Å². The maximum absolute atomic E-state index is 12.3. The molecule has 2 nitrogen and oxygen atoms in total. The molecule has 0 aliphatic rings. The normalized spacial score (nSPS) is 12.6. The Morgan fingerprint density at radius 2 is 1.36 bits per heavy atom. The molecule has 0 saturated carbocycles. The van der Waals surface area contributed by atoms with E-state index < -0.39 is 0 Å². The first kappa shape index (κ1) is 19.0. The summed E-state index contributed by atoms with van der Waals surface area (Å²) in [6.45, 7) is 12.5. The number of carbonyl (C=O) groups excluding carboxylic acids is 1. The molecule has 2 aromatic carbocycles. The zero-order chi connectivity index (χ0) is 18.8. The lowest BCUT2D eigenvalue weighted by molar-refractivity contribution is 0.104. The molecule has 0 unspecified atom stereocenters. The third-order valence-corrected chi connectivity index (χ3v) is 4.23. The second kappa shape index (κ2) is 6.87. The van der Waals surface area contributed by atoms with E-state index in [1.54, 1.807) is 6.08 Å². The number of allylic oxidation sites excluding steroid dienone is 1. The first-order valence-electron chi connectivity index (χ1n) is 8.65. The van der Waals surface area contributed by atoms with Gasteiger partial charge in [0.05, 0.1) is 0 Å². The van der Waals surface area contributed by atoms with Gasteiger partial charge in [0, 0.05) is 16.7 Å². The molecule has 2 rings (SSSR count). The highest BCUT2D eigenvalue weighted by atomic mass is 16.3. The van der Waals surface area contributed by atoms with Crippen molar-refractivity contribution in [1.29, 1.82) is 0 Å². The van der Waals surface area contributed by atoms with Crippen molar-refractivity contribution in [3.05, 3.63) is 70.8 Å². The average Bonchev–Trinajstić information content (AvgIpc) is 2.52. The molecule has 0 saturated heterocycles. The summed E-state index contributed by atoms with van der Waals surface area (Å²) in [4.78, 5) is 12.3. The Hall–Kier alpha value is -2.35. The molecule has 2 aromatic rings. The van der Waals surface area contributed by atoms with E-state index in [-0.39, 0.29) is 16.6 Å². The number of hydrogen-bond donors (Lipinski definition) is 1. The van der Waals surface area contributed by atoms with Crippen LogP contribution in [-0.2, 0) is 10.8 Å². The van der Waals surface area contributed by atoms with Crippen molar-refractivity contribution in [2.45, 2.75) is 52.4 Å². The van der Waals surface area contributed by atoms with Gasteiger partial charge in [0.1, 0.15) is 5.75 Å². The molecular formula is C23H28O2. The van der Waals surface area contributed by atoms with Crippen molar-refractivity contribution < 1.29 is 9.90 Å². The molecule has 0 heterocycles. The van der Waals surface area contributed by atoms with Crippen LogP contribution in [-0.4, -0.2) is 10.9 Å². The molecule has 0 bridgehead atoms. The predicted molar refractivity (Wildman–Crippen MR) is 105 cm³/mol. The summed E-state index contributed by atoms with van der Waals surface area (Å²) in [7, 11) is 0. The molecule has 0 fully saturated rings. The van der Waals surface area contributed by atoms with Gasteiger partial charge in [0.25, 0.3) is 0 Å². The van der Waals surface area contributed by atoms with Gasteiger partial charge in [-0.3, -0.25) is 4.79 Å². The monoisotopic (exact) mass is 336 g/mol. The van der Waals surface area contributed by atoms with Gasteiger partial charge in [-0.05, 0) is 34.6 Å². The highest BCUT2D eigenvalue weighted by Gasteiger charge is 2.26. The van der Waals surface area contributed by atoms with Crippen LogP contribution in [0.2, 0.25) is 0 Å². The van der Waals surface area contributed by atoms with Gasteiger partial charge in [0.15, 0.2) is 5.78 Å². The molecule has 0 atom stereocenters. The van der Waals surface area contributed by atoms with Gasteiger partial charge >= 0.3 is 0 Å². The van der Waals surface area contributed by atoms with E-state index in [1.165, 1.54) is 0 Å². The average molecular weight is 336 g/mol. The lowest BCUT2D eigenvalue weighted by Gasteiger charge is -2.27. The van der Waals surface area contributed by atoms with E-state index in [4.69, 9.17) is 0 Å². The second-order valence-corrected chi connectivity index (χ2v) is 8.53. The standard InChI is InChI=1S/C23H28O2/c1-22(2,3)18-14-16(15-19(21(18)25)23(4,5)6)12-13-20(24)17-10-8-7-9-11-17/h7-15,25H,1-6H3. The van der Waals surface area contributed by atoms with Crippen molar-refractivity contribution in [3.63, 3.8) is 0 Å². The van der Waals surface area contributed by atoms with Crippen LogP contribution in [0.15, 0.2) is 48.5 Å². The number of rotatable bonds is 3. The molecule has 0 aliphatic carbocycles. The molecule has 0 aliphatic heterocycles. The van der Waals surface area contributed by atoms with Gasteiger partial charge in [-0.2, -0.15) is 0 Å². The minimum Gasteiger partial charge on any atom is -0.507 e. The van der Waals surface area contributed by atoms with Crippen molar-refractivity contribution in [3.8, 4) is 5.75 Å². The Balaban J connectivity index is 2.48. The molecular weight excluding hydrogens is 308 g/mol. The lowest BCUT2D eigenvalue weighted by Crippen LogP contribution is -2.17. The minimum absolute atomic E-state index is 0.0247. The Morgan fingerprint density at radius 3 is 1.80 bits per heavy atom. The van der Waals surface area contributed by atoms with Crippen LogP contribution in [0, 0.1) is 0 Å². The maximum Gasteiger partial charge on any atom is 0.185 e. The Bertz CT molecular complexity index is 750. The summed E-state index contributed by atoms with van der Waals surface area (Å²) >= 11 is 0. The van der Waals surface area contributed by atoms with E-state index in [9.17, 15) is 9.90 Å². The van der Waals surface area contributed by atoms with E-state index >= 15 is 0 Å². The molecule has 0 radical (unpaired) electrons. The van der Waals surface area contributed by atoms with Crippen molar-refractivity contribution in [2.75, 3.05) is 0 Å². The lowest BCUT2D eigenvalue weighted by atomic mass is 9.78. The van der Waals surface area contributed by atoms with E-state index in [0.717, 1.165) is 16.7 Å². The third-order valence-electron chi connectivity index (χ3n) is 4.23. The molecule has 1 N–H and O–H groups in total. The van der Waals surface area contributed by atoms with Crippen molar-refractivity contribution >= 4 is 11.9 Å². The van der Waals surface area contributed by atoms with Gasteiger partial charge in [-0.15, -0.1) is 0 Å². The first-order chi connectivity index (χ1) is 11.5. The predicted octanol–water partition coefficient (Wildman–Crippen LogP) is 5.88. The van der Waals surface area contributed by atoms with Crippen LogP contribution >= 0.6 is 0 Å². The Morgan fingerprint density at radius 1 is 0.880 bits per heavy atom. The summed E-state index contributed by atoms with van der Waals surface area (Å²) in [5, 5.41) is 10.7. The molecule has 132 valence electrons. The molecule has 2 heteroatoms. The van der Waals surface area contributed by atoms with Crippen molar-refractivity contribution in [2.24, 2.45) is 0 Å². The molecule has 0 amide bonds. The van der Waals surface area contributed by atoms with Gasteiger partial charge in [-0.25, -0.2) is 0 Å². The van der Waals surface area contributed by atoms with Crippen LogP contribution in [0.25, 0.3) is 6.08 Å². The smallest absolute Gasteiger partial charge is 0.185 e. The van der Waals surface area contributed by atoms with Crippen LogP contribution in [0.5, 0.6) is 5.75 Å². The summed E-state index contributed by atoms with van der Waals surface area (Å²) in [5.74, 6) is 0.329. The summed E-state index contributed by atoms with van der Waals surface area (Å²) in [6, 6.07) is 13.2. The zero-order valence-electron chi connectivity index (χ0n) is 16.1. The number of phenols is 1. The number of ketones is 1. The van der Waals surface area contributed by atoms with E-state index in [2.05, 4.69) is 41.5 Å². The SMILES string of the molecule is CC(C)(C)c1cc(C=CC(=O)c2ccccc2)cc(C(C)(C)C)c1O. The fourth-order valence-corrected chi connectivity index (χ4v) is 2.77. The summed E-state index contributed by atoms with van der Waals surface area (Å²) in [6.07, 6.45) is 3.43. The number of carbonyl (C=O) groups is 1. The van der Waals surface area contributed by atoms with Crippen LogP contribution in [0.1, 0.15) is 68.6 Å². The van der Waals surface area contributed by atoms with Gasteiger partial charge in [0.2, 0.25) is 0 Å². The third kappa shape index (κ3) is 4.60. The van der Waals surface area contributed by atoms with Crippen LogP contribution in [0.3, 0.4) is 0 Å². The number of hydrogen-bond acceptors (Lipinski definition) is 2. The molecule has 0 spiro atoms. The van der Waals surface area contributed by atoms with E-state index in [0.29, 0.717) is 11.3 Å². The highest BCUT2D eigenvalue weighted by molar-refractivity contribution is 6.06. The Kier molecular flexibility index (Phi) is 5.22. The van der Waals surface area contributed by atoms with Crippen molar-refractivity contribution in [1.82, 2.24) is 0 Å². The summed E-state index contributed by atoms with van der Waals surface area (Å²) in [5.41, 5.74) is 3.02. The van der Waals surface area contributed by atoms with E-state index in [1.807, 2.05) is 48.5 Å². The number of aromatic hydroxyl groups is 1. The summed E-state index contributed by atoms with van der Waals surface area (Å²) < 4.78 is 0. The zero-order valence-corrected chi connectivity index (χ0v) is 16.1. The van der Waals surface area contributed by atoms with Gasteiger partial charge < -0.3 is 5.11 Å². The number of phenolic OH excluding ortho intramolecular Hbond substituents is 1. The highest BCUT2D eigenvalue weighted by Crippen LogP contribution is 2.40. The fraction of sp³-hybridized carbons (Fsp3) is 0.348. The first-order valence-corrected chi connectivity index (χ1v) is 8.65. The largest absolute Gasteiger partial charge is 0.507 e. The quantitative estimate of drug-likeness (QED) is 0.561. The minimum atomic E-state index is -0.183. The topological polar surface area (TPSA) is 37.3 Å². The molecule has 0 aromatic heterocycles. The Labute approximate surface area is 151 Å². The number of benzene rings is 2. The van der Waals surface area contributed by atoms with Crippen LogP contribution < -0.4 is 0 Å². The fourth-order valence-electron chi connectivity index (χ4n) is 2.77.